The van der Waals surface area contributed by atoms with Crippen LogP contribution < -0.4 is 5.32 Å². The molecule has 0 aromatic carbocycles. The van der Waals surface area contributed by atoms with E-state index in [2.05, 4.69) is 11.9 Å². The van der Waals surface area contributed by atoms with E-state index < -0.39 is 0 Å². The Bertz CT molecular complexity index is 212. The lowest BCUT2D eigenvalue weighted by atomic mass is 10.4. The fraction of sp³-hybridized carbons (Fsp3) is 0.444. The van der Waals surface area contributed by atoms with E-state index in [4.69, 9.17) is 4.84 Å². The number of carbonyl (C=O) groups is 1. The smallest absolute Gasteiger partial charge is 0.247 e. The maximum absolute atomic E-state index is 11.0. The van der Waals surface area contributed by atoms with Crippen LogP contribution in [0.2, 0.25) is 0 Å². The lowest BCUT2D eigenvalue weighted by Crippen LogP contribution is -2.19. The van der Waals surface area contributed by atoms with Crippen molar-refractivity contribution in [2.75, 3.05) is 20.7 Å². The summed E-state index contributed by atoms with van der Waals surface area (Å²) in [6, 6.07) is 0. The first-order valence-corrected chi connectivity index (χ1v) is 3.94. The van der Waals surface area contributed by atoms with Gasteiger partial charge in [0.2, 0.25) is 5.91 Å². The monoisotopic (exact) mass is 184 g/mol. The predicted octanol–water partition coefficient (Wildman–Crippen LogP) is 0.686. The van der Waals surface area contributed by atoms with Crippen LogP contribution in [0.1, 0.15) is 6.92 Å². The molecule has 0 heterocycles. The topological polar surface area (TPSA) is 41.6 Å². The van der Waals surface area contributed by atoms with Crippen molar-refractivity contribution in [1.82, 2.24) is 10.4 Å². The van der Waals surface area contributed by atoms with Crippen molar-refractivity contribution in [2.24, 2.45) is 0 Å². The maximum Gasteiger partial charge on any atom is 0.247 e. The molecule has 74 valence electrons. The van der Waals surface area contributed by atoms with Crippen LogP contribution in [0.5, 0.6) is 0 Å². The highest BCUT2D eigenvalue weighted by molar-refractivity contribution is 5.88. The van der Waals surface area contributed by atoms with Gasteiger partial charge >= 0.3 is 0 Å². The summed E-state index contributed by atoms with van der Waals surface area (Å²) in [5.74, 6) is -0.169. The summed E-state index contributed by atoms with van der Waals surface area (Å²) in [4.78, 5) is 15.9. The summed E-state index contributed by atoms with van der Waals surface area (Å²) in [6.45, 7) is 5.85. The Morgan fingerprint density at radius 3 is 2.77 bits per heavy atom. The summed E-state index contributed by atoms with van der Waals surface area (Å²) >= 11 is 0. The van der Waals surface area contributed by atoms with Gasteiger partial charge in [0.15, 0.2) is 0 Å². The summed E-state index contributed by atoms with van der Waals surface area (Å²) in [6.07, 6.45) is 3.16. The van der Waals surface area contributed by atoms with Gasteiger partial charge in [0.05, 0.1) is 7.11 Å². The Hall–Kier alpha value is -1.13. The second-order valence-electron chi connectivity index (χ2n) is 2.66. The highest BCUT2D eigenvalue weighted by Gasteiger charge is 1.94. The van der Waals surface area contributed by atoms with Crippen molar-refractivity contribution in [3.05, 3.63) is 24.4 Å². The third-order valence-electron chi connectivity index (χ3n) is 1.28. The average molecular weight is 184 g/mol. The minimum absolute atomic E-state index is 0.169. The summed E-state index contributed by atoms with van der Waals surface area (Å²) in [7, 11) is 3.35. The number of likely N-dealkylation sites (N-methyl/N-ethyl adjacent to an activating group) is 1. The molecule has 0 saturated carbocycles. The zero-order valence-corrected chi connectivity index (χ0v) is 8.33. The van der Waals surface area contributed by atoms with Crippen LogP contribution >= 0.6 is 0 Å². The summed E-state index contributed by atoms with van der Waals surface area (Å²) < 4.78 is 0. The Labute approximate surface area is 78.8 Å². The molecule has 0 bridgehead atoms. The molecule has 0 aliphatic rings. The van der Waals surface area contributed by atoms with E-state index in [0.29, 0.717) is 12.2 Å². The van der Waals surface area contributed by atoms with E-state index >= 15 is 0 Å². The quantitative estimate of drug-likeness (QED) is 0.505. The molecule has 1 amide bonds. The van der Waals surface area contributed by atoms with Crippen LogP contribution in [-0.2, 0) is 9.63 Å². The number of nitrogens with zero attached hydrogens (tertiary/aromatic N) is 1. The van der Waals surface area contributed by atoms with E-state index in [1.807, 2.05) is 0 Å². The van der Waals surface area contributed by atoms with Gasteiger partial charge in [-0.05, 0) is 6.92 Å². The molecule has 4 heteroatoms. The van der Waals surface area contributed by atoms with Crippen molar-refractivity contribution < 1.29 is 9.63 Å². The third kappa shape index (κ3) is 7.24. The van der Waals surface area contributed by atoms with E-state index in [-0.39, 0.29) is 5.91 Å². The van der Waals surface area contributed by atoms with Crippen molar-refractivity contribution in [3.8, 4) is 0 Å². The second-order valence-corrected chi connectivity index (χ2v) is 2.66. The van der Waals surface area contributed by atoms with Gasteiger partial charge < -0.3 is 10.2 Å². The van der Waals surface area contributed by atoms with Gasteiger partial charge in [-0.15, -0.1) is 0 Å². The van der Waals surface area contributed by atoms with Crippen LogP contribution in [-0.4, -0.2) is 31.7 Å². The number of carbonyl (C=O) groups excluding carboxylic acids is 1. The van der Waals surface area contributed by atoms with Crippen LogP contribution in [0.25, 0.3) is 0 Å². The Kier molecular flexibility index (Phi) is 5.84. The molecule has 4 nitrogen and oxygen atoms in total. The van der Waals surface area contributed by atoms with Crippen molar-refractivity contribution in [3.63, 3.8) is 0 Å². The Morgan fingerprint density at radius 2 is 2.31 bits per heavy atom. The molecule has 13 heavy (non-hydrogen) atoms. The van der Waals surface area contributed by atoms with Crippen LogP contribution in [0, 0.1) is 0 Å². The number of hydroxylamine groups is 2. The minimum atomic E-state index is -0.169. The molecule has 0 aliphatic carbocycles. The van der Waals surface area contributed by atoms with E-state index in [1.165, 1.54) is 6.08 Å². The van der Waals surface area contributed by atoms with Crippen LogP contribution in [0.3, 0.4) is 0 Å². The number of hydrogen-bond acceptors (Lipinski definition) is 3. The first-order chi connectivity index (χ1) is 6.06. The van der Waals surface area contributed by atoms with E-state index in [1.54, 1.807) is 32.2 Å². The van der Waals surface area contributed by atoms with Crippen molar-refractivity contribution in [1.29, 1.82) is 0 Å². The Balaban J connectivity index is 3.71. The predicted molar refractivity (Wildman–Crippen MR) is 51.7 cm³/mol. The second kappa shape index (κ2) is 6.39. The maximum atomic E-state index is 11.0. The fourth-order valence-corrected chi connectivity index (χ4v) is 0.635. The normalized spacial score (nSPS) is 10.8. The first kappa shape index (κ1) is 11.9. The zero-order chi connectivity index (χ0) is 10.3. The van der Waals surface area contributed by atoms with Crippen molar-refractivity contribution >= 4 is 5.91 Å². The van der Waals surface area contributed by atoms with E-state index in [0.717, 1.165) is 0 Å². The van der Waals surface area contributed by atoms with Crippen LogP contribution in [0.15, 0.2) is 24.4 Å². The highest BCUT2D eigenvalue weighted by Crippen LogP contribution is 1.84. The third-order valence-corrected chi connectivity index (χ3v) is 1.28. The lowest BCUT2D eigenvalue weighted by molar-refractivity contribution is -0.116. The number of hydrogen-bond donors (Lipinski definition) is 1. The molecule has 0 aliphatic heterocycles. The van der Waals surface area contributed by atoms with Gasteiger partial charge in [0, 0.05) is 25.4 Å². The number of rotatable bonds is 5. The summed E-state index contributed by atoms with van der Waals surface area (Å²) in [5.41, 5.74) is 0.634. The molecule has 1 N–H and O–H groups in total. The molecule has 0 unspecified atom stereocenters. The van der Waals surface area contributed by atoms with Gasteiger partial charge in [0.1, 0.15) is 0 Å². The molecule has 0 fully saturated rings. The van der Waals surface area contributed by atoms with Gasteiger partial charge in [-0.3, -0.25) is 4.79 Å². The molecule has 0 radical (unpaired) electrons. The van der Waals surface area contributed by atoms with Gasteiger partial charge in [0.25, 0.3) is 0 Å². The number of allylic oxidation sites excluding steroid dienone is 1. The molecule has 0 aromatic heterocycles. The lowest BCUT2D eigenvalue weighted by Gasteiger charge is -2.09. The molecule has 0 rings (SSSR count). The fourth-order valence-electron chi connectivity index (χ4n) is 0.635. The molecular weight excluding hydrogens is 168 g/mol. The minimum Gasteiger partial charge on any atom is -0.327 e. The van der Waals surface area contributed by atoms with Gasteiger partial charge in [-0.25, -0.2) is 0 Å². The standard InChI is InChI=1S/C9H16N2O2/c1-8(2)10-9(12)6-5-7-11(3)13-4/h5-6H,1,7H2,2-4H3,(H,10,12)/b6-5+. The Morgan fingerprint density at radius 1 is 1.69 bits per heavy atom. The van der Waals surface area contributed by atoms with E-state index in [9.17, 15) is 4.79 Å². The SMILES string of the molecule is C=C(C)NC(=O)/C=C/CN(C)OC. The molecule has 0 saturated heterocycles. The molecule has 0 atom stereocenters. The van der Waals surface area contributed by atoms with Crippen molar-refractivity contribution in [2.45, 2.75) is 6.92 Å². The first-order valence-electron chi connectivity index (χ1n) is 3.94. The largest absolute Gasteiger partial charge is 0.327 e. The summed E-state index contributed by atoms with van der Waals surface area (Å²) in [5, 5.41) is 4.16. The average Bonchev–Trinajstić information content (AvgIpc) is 2.02. The number of amides is 1. The number of nitrogens with one attached hydrogen (secondary N) is 1. The van der Waals surface area contributed by atoms with Crippen LogP contribution in [0.4, 0.5) is 0 Å². The molecular formula is C9H16N2O2. The highest BCUT2D eigenvalue weighted by atomic mass is 16.7. The van der Waals surface area contributed by atoms with Gasteiger partial charge in [-0.1, -0.05) is 12.7 Å². The van der Waals surface area contributed by atoms with Gasteiger partial charge in [-0.2, -0.15) is 5.06 Å². The molecule has 0 spiro atoms. The zero-order valence-electron chi connectivity index (χ0n) is 8.33. The molecule has 0 aromatic rings.